The predicted octanol–water partition coefficient (Wildman–Crippen LogP) is 6.34. The van der Waals surface area contributed by atoms with Crippen LogP contribution in [0.5, 0.6) is 11.8 Å². The standard InChI is InChI=1S/C43H44ClN5O6/c1-26-32(7-5-9-35(26)36-10-6-8-34(27(36)2)30-11-12-37-31(16-30)13-14-43(37,25-51)49(3)4)24-55-41-38(44)17-33(21-47-39(22-50)42(52)53)40(48-41)54-23-29-15-28(18-45)19-46-20-29/h5-12,15-17,19-20,39,47,50-51H,13-14,21-25H2,1-4H3,(H,52,53). The van der Waals surface area contributed by atoms with Gasteiger partial charge in [0.05, 0.1) is 24.3 Å². The molecule has 2 aromatic heterocycles. The normalized spacial score (nSPS) is 15.4. The predicted molar refractivity (Wildman–Crippen MR) is 210 cm³/mol. The van der Waals surface area contributed by atoms with Crippen molar-refractivity contribution in [1.29, 1.82) is 5.26 Å². The quantitative estimate of drug-likeness (QED) is 0.0943. The summed E-state index contributed by atoms with van der Waals surface area (Å²) < 4.78 is 12.3. The summed E-state index contributed by atoms with van der Waals surface area (Å²) in [5.41, 5.74) is 11.2. The summed E-state index contributed by atoms with van der Waals surface area (Å²) in [7, 11) is 4.05. The Morgan fingerprint density at radius 2 is 1.69 bits per heavy atom. The third-order valence-electron chi connectivity index (χ3n) is 10.6. The Morgan fingerprint density at radius 3 is 2.40 bits per heavy atom. The molecule has 1 aliphatic rings. The molecule has 3 aromatic carbocycles. The number of carboxylic acids is 1. The number of carboxylic acid groups (broad SMARTS) is 1. The van der Waals surface area contributed by atoms with Crippen molar-refractivity contribution >= 4 is 17.6 Å². The van der Waals surface area contributed by atoms with Gasteiger partial charge in [0, 0.05) is 30.1 Å². The summed E-state index contributed by atoms with van der Waals surface area (Å²) in [6.45, 7) is 3.85. The molecule has 0 saturated heterocycles. The maximum Gasteiger partial charge on any atom is 0.323 e. The second-order valence-electron chi connectivity index (χ2n) is 14.0. The van der Waals surface area contributed by atoms with Gasteiger partial charge < -0.3 is 24.8 Å². The highest BCUT2D eigenvalue weighted by Gasteiger charge is 2.40. The largest absolute Gasteiger partial charge is 0.480 e. The van der Waals surface area contributed by atoms with Gasteiger partial charge in [-0.05, 0) is 103 Å². The second kappa shape index (κ2) is 17.0. The van der Waals surface area contributed by atoms with Crippen LogP contribution >= 0.6 is 11.6 Å². The van der Waals surface area contributed by atoms with Gasteiger partial charge in [-0.2, -0.15) is 10.2 Å². The van der Waals surface area contributed by atoms with E-state index in [1.54, 1.807) is 18.3 Å². The minimum atomic E-state index is -1.21. The van der Waals surface area contributed by atoms with Crippen LogP contribution in [-0.4, -0.2) is 69.5 Å². The van der Waals surface area contributed by atoms with Gasteiger partial charge in [0.25, 0.3) is 0 Å². The van der Waals surface area contributed by atoms with Crippen LogP contribution in [0.3, 0.4) is 0 Å². The first-order valence-corrected chi connectivity index (χ1v) is 18.3. The van der Waals surface area contributed by atoms with E-state index in [2.05, 4.69) is 82.6 Å². The molecule has 11 nitrogen and oxygen atoms in total. The van der Waals surface area contributed by atoms with Crippen molar-refractivity contribution in [2.45, 2.75) is 58.0 Å². The van der Waals surface area contributed by atoms with Crippen molar-refractivity contribution in [3.05, 3.63) is 129 Å². The number of halogens is 1. The summed E-state index contributed by atoms with van der Waals surface area (Å²) in [6, 6.07) is 23.2. The number of ether oxygens (including phenoxy) is 2. The van der Waals surface area contributed by atoms with Gasteiger partial charge in [-0.1, -0.05) is 66.2 Å². The molecule has 12 heteroatoms. The number of fused-ring (bicyclic) bond motifs is 1. The van der Waals surface area contributed by atoms with E-state index in [1.165, 1.54) is 17.3 Å². The van der Waals surface area contributed by atoms with Gasteiger partial charge in [-0.15, -0.1) is 0 Å². The summed E-state index contributed by atoms with van der Waals surface area (Å²) >= 11 is 6.68. The lowest BCUT2D eigenvalue weighted by Crippen LogP contribution is -2.42. The average Bonchev–Trinajstić information content (AvgIpc) is 3.57. The fourth-order valence-corrected chi connectivity index (χ4v) is 7.50. The van der Waals surface area contributed by atoms with Crippen molar-refractivity contribution in [1.82, 2.24) is 20.2 Å². The Balaban J connectivity index is 1.25. The number of benzene rings is 3. The number of nitriles is 1. The number of carbonyl (C=O) groups is 1. The van der Waals surface area contributed by atoms with E-state index in [1.807, 2.05) is 26.2 Å². The molecule has 0 fully saturated rings. The van der Waals surface area contributed by atoms with Crippen LogP contribution in [0.15, 0.2) is 79.1 Å². The first-order valence-electron chi connectivity index (χ1n) is 18.0. The fourth-order valence-electron chi connectivity index (χ4n) is 7.28. The fraction of sp³-hybridized carbons (Fsp3) is 0.302. The highest BCUT2D eigenvalue weighted by molar-refractivity contribution is 6.31. The molecule has 0 amide bonds. The van der Waals surface area contributed by atoms with Gasteiger partial charge in [-0.3, -0.25) is 20.0 Å². The third kappa shape index (κ3) is 8.20. The van der Waals surface area contributed by atoms with Crippen molar-refractivity contribution in [2.24, 2.45) is 0 Å². The molecule has 284 valence electrons. The highest BCUT2D eigenvalue weighted by atomic mass is 35.5. The lowest BCUT2D eigenvalue weighted by atomic mass is 9.87. The molecular formula is C43H44ClN5O6. The number of aryl methyl sites for hydroxylation is 1. The van der Waals surface area contributed by atoms with Crippen LogP contribution < -0.4 is 14.8 Å². The molecule has 0 radical (unpaired) electrons. The molecule has 2 atom stereocenters. The smallest absolute Gasteiger partial charge is 0.323 e. The van der Waals surface area contributed by atoms with E-state index in [0.717, 1.165) is 51.8 Å². The summed E-state index contributed by atoms with van der Waals surface area (Å²) in [6.07, 6.45) is 4.82. The van der Waals surface area contributed by atoms with Gasteiger partial charge in [-0.25, -0.2) is 0 Å². The number of aliphatic carboxylic acids is 1. The minimum absolute atomic E-state index is 0.0130. The highest BCUT2D eigenvalue weighted by Crippen LogP contribution is 2.43. The molecule has 4 N–H and O–H groups in total. The number of hydrogen-bond donors (Lipinski definition) is 4. The van der Waals surface area contributed by atoms with E-state index in [9.17, 15) is 25.4 Å². The number of nitrogens with zero attached hydrogens (tertiary/aromatic N) is 4. The third-order valence-corrected chi connectivity index (χ3v) is 10.9. The average molecular weight is 762 g/mol. The Bertz CT molecular complexity index is 2260. The van der Waals surface area contributed by atoms with Gasteiger partial charge in [0.1, 0.15) is 30.3 Å². The van der Waals surface area contributed by atoms with E-state index >= 15 is 0 Å². The number of pyridine rings is 2. The van der Waals surface area contributed by atoms with Crippen LogP contribution in [-0.2, 0) is 36.5 Å². The monoisotopic (exact) mass is 761 g/mol. The van der Waals surface area contributed by atoms with Crippen LogP contribution in [0.2, 0.25) is 5.02 Å². The maximum atomic E-state index is 11.5. The lowest BCUT2D eigenvalue weighted by Gasteiger charge is -2.35. The van der Waals surface area contributed by atoms with E-state index in [4.69, 9.17) is 21.1 Å². The number of hydrogen-bond acceptors (Lipinski definition) is 10. The molecule has 0 bridgehead atoms. The SMILES string of the molecule is Cc1c(COc2nc(OCc3cncc(C#N)c3)c(CNC(CO)C(=O)O)cc2Cl)cccc1-c1cccc(-c2ccc3c(c2)CCC3(CO)N(C)C)c1C. The van der Waals surface area contributed by atoms with E-state index in [-0.39, 0.29) is 48.7 Å². The molecule has 5 aromatic rings. The molecule has 2 unspecified atom stereocenters. The zero-order valence-electron chi connectivity index (χ0n) is 31.3. The van der Waals surface area contributed by atoms with Crippen LogP contribution in [0.25, 0.3) is 22.3 Å². The Morgan fingerprint density at radius 1 is 0.964 bits per heavy atom. The Labute approximate surface area is 325 Å². The van der Waals surface area contributed by atoms with Crippen molar-refractivity contribution in [3.63, 3.8) is 0 Å². The van der Waals surface area contributed by atoms with Crippen molar-refractivity contribution in [3.8, 4) is 40.1 Å². The molecule has 6 rings (SSSR count). The number of aliphatic hydroxyl groups is 2. The van der Waals surface area contributed by atoms with E-state index < -0.39 is 18.6 Å². The van der Waals surface area contributed by atoms with Gasteiger partial charge in [0.15, 0.2) is 0 Å². The summed E-state index contributed by atoms with van der Waals surface area (Å²) in [5.74, 6) is -0.939. The maximum absolute atomic E-state index is 11.5. The van der Waals surface area contributed by atoms with E-state index in [0.29, 0.717) is 16.7 Å². The first-order chi connectivity index (χ1) is 26.5. The molecule has 0 saturated carbocycles. The van der Waals surface area contributed by atoms with Crippen LogP contribution in [0.4, 0.5) is 0 Å². The topological polar surface area (TPSA) is 161 Å². The number of aliphatic hydroxyl groups excluding tert-OH is 2. The minimum Gasteiger partial charge on any atom is -0.480 e. The molecule has 55 heavy (non-hydrogen) atoms. The van der Waals surface area contributed by atoms with Crippen molar-refractivity contribution in [2.75, 3.05) is 27.3 Å². The lowest BCUT2D eigenvalue weighted by molar-refractivity contribution is -0.140. The number of rotatable bonds is 15. The molecule has 1 aliphatic carbocycles. The van der Waals surface area contributed by atoms with Crippen LogP contribution in [0.1, 0.15) is 50.9 Å². The molecule has 0 aliphatic heterocycles. The number of aromatic nitrogens is 2. The summed E-state index contributed by atoms with van der Waals surface area (Å²) in [4.78, 5) is 22.3. The van der Waals surface area contributed by atoms with Gasteiger partial charge >= 0.3 is 5.97 Å². The Hall–Kier alpha value is -5.35. The molecular weight excluding hydrogens is 718 g/mol. The number of likely N-dealkylation sites (N-methyl/N-ethyl adjacent to an activating group) is 1. The zero-order chi connectivity index (χ0) is 39.3. The second-order valence-corrected chi connectivity index (χ2v) is 14.4. The Kier molecular flexibility index (Phi) is 12.1. The van der Waals surface area contributed by atoms with Crippen molar-refractivity contribution < 1.29 is 29.6 Å². The molecule has 2 heterocycles. The summed E-state index contributed by atoms with van der Waals surface area (Å²) in [5, 5.41) is 41.5. The first kappa shape index (κ1) is 39.3. The zero-order valence-corrected chi connectivity index (χ0v) is 32.0. The van der Waals surface area contributed by atoms with Crippen LogP contribution in [0, 0.1) is 25.2 Å². The molecule has 0 spiro atoms. The van der Waals surface area contributed by atoms with Gasteiger partial charge in [0.2, 0.25) is 11.8 Å². The number of nitrogens with one attached hydrogen (secondary N) is 1.